The summed E-state index contributed by atoms with van der Waals surface area (Å²) >= 11 is 0. The summed E-state index contributed by atoms with van der Waals surface area (Å²) < 4.78 is 1.99. The summed E-state index contributed by atoms with van der Waals surface area (Å²) in [6.07, 6.45) is 3.99. The predicted octanol–water partition coefficient (Wildman–Crippen LogP) is -1.03. The molecule has 3 rings (SSSR count). The van der Waals surface area contributed by atoms with E-state index >= 15 is 0 Å². The lowest BCUT2D eigenvalue weighted by Gasteiger charge is -1.93. The average Bonchev–Trinajstić information content (AvgIpc) is 2.89. The van der Waals surface area contributed by atoms with Gasteiger partial charge in [-0.3, -0.25) is 5.10 Å². The van der Waals surface area contributed by atoms with Gasteiger partial charge in [0.1, 0.15) is 7.05 Å². The van der Waals surface area contributed by atoms with E-state index in [0.717, 1.165) is 22.8 Å². The third-order valence-corrected chi connectivity index (χ3v) is 2.73. The minimum absolute atomic E-state index is 0. The highest BCUT2D eigenvalue weighted by atomic mass is 127. The number of aromatic nitrogens is 4. The normalized spacial score (nSPS) is 9.95. The third kappa shape index (κ3) is 2.98. The maximum atomic E-state index is 4.51. The molecule has 2 aromatic heterocycles. The Hall–Kier alpha value is -1.76. The van der Waals surface area contributed by atoms with Gasteiger partial charge in [-0.1, -0.05) is 30.3 Å². The van der Waals surface area contributed by atoms with Crippen LogP contribution in [0.2, 0.25) is 0 Å². The van der Waals surface area contributed by atoms with E-state index in [1.165, 1.54) is 0 Å². The standard InChI is InChI=1S/C14H13N4.HI/c1-18-9-5-8-12(10-18)14-15-13(16-17-14)11-6-3-2-4-7-11;/h2-10H,1H3,(H,15,16,17);1H/q+1;/p-1. The minimum atomic E-state index is 0. The Morgan fingerprint density at radius 3 is 2.47 bits per heavy atom. The van der Waals surface area contributed by atoms with Crippen LogP contribution in [0.25, 0.3) is 22.8 Å². The molecule has 5 heteroatoms. The summed E-state index contributed by atoms with van der Waals surface area (Å²) in [5, 5.41) is 7.22. The molecule has 0 amide bonds. The Balaban J connectivity index is 0.00000133. The van der Waals surface area contributed by atoms with E-state index < -0.39 is 0 Å². The third-order valence-electron chi connectivity index (χ3n) is 2.73. The van der Waals surface area contributed by atoms with Crippen molar-refractivity contribution in [2.75, 3.05) is 0 Å². The lowest BCUT2D eigenvalue weighted by molar-refractivity contribution is -0.671. The molecule has 0 fully saturated rings. The van der Waals surface area contributed by atoms with E-state index in [9.17, 15) is 0 Å². The molecule has 0 aliphatic carbocycles. The average molecular weight is 364 g/mol. The molecule has 96 valence electrons. The Labute approximate surface area is 128 Å². The summed E-state index contributed by atoms with van der Waals surface area (Å²) in [5.41, 5.74) is 2.04. The minimum Gasteiger partial charge on any atom is -1.00 e. The lowest BCUT2D eigenvalue weighted by atomic mass is 10.2. The van der Waals surface area contributed by atoms with Crippen LogP contribution < -0.4 is 28.5 Å². The zero-order valence-corrected chi connectivity index (χ0v) is 12.6. The summed E-state index contributed by atoms with van der Waals surface area (Å²) in [7, 11) is 1.98. The first-order valence-electron chi connectivity index (χ1n) is 5.76. The van der Waals surface area contributed by atoms with Gasteiger partial charge in [-0.2, -0.15) is 5.10 Å². The first-order valence-corrected chi connectivity index (χ1v) is 5.76. The molecule has 4 nitrogen and oxygen atoms in total. The predicted molar refractivity (Wildman–Crippen MR) is 68.4 cm³/mol. The van der Waals surface area contributed by atoms with Gasteiger partial charge in [0.25, 0.3) is 0 Å². The van der Waals surface area contributed by atoms with Crippen molar-refractivity contribution in [3.05, 3.63) is 54.9 Å². The number of rotatable bonds is 2. The fraction of sp³-hybridized carbons (Fsp3) is 0.0714. The molecule has 0 spiro atoms. The number of nitrogens with zero attached hydrogens (tertiary/aromatic N) is 3. The van der Waals surface area contributed by atoms with Crippen LogP contribution in [0.4, 0.5) is 0 Å². The van der Waals surface area contributed by atoms with Gasteiger partial charge in [-0.05, 0) is 6.07 Å². The van der Waals surface area contributed by atoms with E-state index in [4.69, 9.17) is 0 Å². The molecule has 0 radical (unpaired) electrons. The Bertz CT molecular complexity index is 664. The number of hydrogen-bond donors (Lipinski definition) is 1. The second-order valence-electron chi connectivity index (χ2n) is 4.13. The van der Waals surface area contributed by atoms with Crippen LogP contribution in [0, 0.1) is 0 Å². The molecule has 1 N–H and O–H groups in total. The lowest BCUT2D eigenvalue weighted by Crippen LogP contribution is -3.00. The molecule has 0 saturated carbocycles. The molecule has 0 saturated heterocycles. The molecule has 0 unspecified atom stereocenters. The number of pyridine rings is 1. The molecule has 19 heavy (non-hydrogen) atoms. The molecule has 0 aliphatic heterocycles. The molecule has 2 heterocycles. The highest BCUT2D eigenvalue weighted by Gasteiger charge is 2.09. The zero-order chi connectivity index (χ0) is 12.4. The van der Waals surface area contributed by atoms with E-state index in [1.54, 1.807) is 0 Å². The summed E-state index contributed by atoms with van der Waals surface area (Å²) in [4.78, 5) is 4.51. The topological polar surface area (TPSA) is 45.5 Å². The molecule has 0 aliphatic rings. The fourth-order valence-corrected chi connectivity index (χ4v) is 1.84. The van der Waals surface area contributed by atoms with Crippen molar-refractivity contribution < 1.29 is 28.5 Å². The summed E-state index contributed by atoms with van der Waals surface area (Å²) in [6, 6.07) is 13.9. The highest BCUT2D eigenvalue weighted by molar-refractivity contribution is 5.59. The maximum Gasteiger partial charge on any atom is 0.181 e. The smallest absolute Gasteiger partial charge is 0.181 e. The van der Waals surface area contributed by atoms with E-state index in [2.05, 4.69) is 15.2 Å². The van der Waals surface area contributed by atoms with Crippen LogP contribution in [0.1, 0.15) is 0 Å². The van der Waals surface area contributed by atoms with Gasteiger partial charge in [-0.25, -0.2) is 9.55 Å². The van der Waals surface area contributed by atoms with Crippen molar-refractivity contribution in [3.63, 3.8) is 0 Å². The largest absolute Gasteiger partial charge is 1.00 e. The number of aryl methyl sites for hydroxylation is 1. The monoisotopic (exact) mass is 364 g/mol. The highest BCUT2D eigenvalue weighted by Crippen LogP contribution is 2.18. The number of nitrogens with one attached hydrogen (secondary N) is 1. The van der Waals surface area contributed by atoms with Gasteiger partial charge in [-0.15, -0.1) is 0 Å². The van der Waals surface area contributed by atoms with Crippen LogP contribution in [0.5, 0.6) is 0 Å². The van der Waals surface area contributed by atoms with Crippen molar-refractivity contribution in [1.29, 1.82) is 0 Å². The first kappa shape index (κ1) is 13.7. The molecule has 3 aromatic rings. The number of benzene rings is 1. The molecule has 1 aromatic carbocycles. The summed E-state index contributed by atoms with van der Waals surface area (Å²) in [5.74, 6) is 1.50. The van der Waals surface area contributed by atoms with Gasteiger partial charge >= 0.3 is 0 Å². The van der Waals surface area contributed by atoms with Gasteiger partial charge in [0.05, 0.1) is 5.56 Å². The number of H-pyrrole nitrogens is 1. The molecular weight excluding hydrogens is 351 g/mol. The molecule has 0 bridgehead atoms. The van der Waals surface area contributed by atoms with Crippen molar-refractivity contribution in [2.45, 2.75) is 0 Å². The van der Waals surface area contributed by atoms with Crippen LogP contribution in [0.3, 0.4) is 0 Å². The Morgan fingerprint density at radius 1 is 1.00 bits per heavy atom. The van der Waals surface area contributed by atoms with Crippen molar-refractivity contribution in [1.82, 2.24) is 15.2 Å². The van der Waals surface area contributed by atoms with Crippen molar-refractivity contribution in [2.24, 2.45) is 7.05 Å². The van der Waals surface area contributed by atoms with E-state index in [1.807, 2.05) is 66.5 Å². The number of aromatic amines is 1. The molecule has 0 atom stereocenters. The van der Waals surface area contributed by atoms with Gasteiger partial charge < -0.3 is 24.0 Å². The molecular formula is C14H13IN4. The number of halogens is 1. The van der Waals surface area contributed by atoms with Crippen LogP contribution >= 0.6 is 0 Å². The van der Waals surface area contributed by atoms with Crippen LogP contribution in [-0.4, -0.2) is 15.2 Å². The Kier molecular flexibility index (Phi) is 4.26. The Morgan fingerprint density at radius 2 is 1.74 bits per heavy atom. The van der Waals surface area contributed by atoms with Gasteiger partial charge in [0, 0.05) is 11.6 Å². The van der Waals surface area contributed by atoms with Crippen LogP contribution in [0.15, 0.2) is 54.9 Å². The van der Waals surface area contributed by atoms with E-state index in [-0.39, 0.29) is 24.0 Å². The second kappa shape index (κ2) is 5.92. The zero-order valence-electron chi connectivity index (χ0n) is 10.4. The van der Waals surface area contributed by atoms with Crippen LogP contribution in [-0.2, 0) is 7.05 Å². The first-order chi connectivity index (χ1) is 8.83. The summed E-state index contributed by atoms with van der Waals surface area (Å²) in [6.45, 7) is 0. The van der Waals surface area contributed by atoms with Crippen molar-refractivity contribution >= 4 is 0 Å². The SMILES string of the molecule is C[n+]1cccc(-c2nc(-c3ccccc3)n[nH]2)c1.[I-]. The maximum absolute atomic E-state index is 4.51. The quantitative estimate of drug-likeness (QED) is 0.467. The van der Waals surface area contributed by atoms with Gasteiger partial charge in [0.15, 0.2) is 24.0 Å². The fourth-order valence-electron chi connectivity index (χ4n) is 1.84. The van der Waals surface area contributed by atoms with E-state index in [0.29, 0.717) is 0 Å². The number of hydrogen-bond acceptors (Lipinski definition) is 2. The van der Waals surface area contributed by atoms with Gasteiger partial charge in [0.2, 0.25) is 0 Å². The second-order valence-corrected chi connectivity index (χ2v) is 4.13. The van der Waals surface area contributed by atoms with Crippen molar-refractivity contribution in [3.8, 4) is 22.8 Å².